The van der Waals surface area contributed by atoms with Crippen LogP contribution in [0.1, 0.15) is 29.6 Å². The second-order valence-corrected chi connectivity index (χ2v) is 15.1. The highest BCUT2D eigenvalue weighted by Crippen LogP contribution is 2.59. The fourth-order valence-corrected chi connectivity index (χ4v) is 9.86. The standard InChI is InChI=1S/C18H13F3I4O8S2/c19-7(18(20,21)35(28,29)30)1-2-31-15(26)5-3-8-17(4-6(5)34-8)32-14-9(16(27)33-17)10(22)11(23)12(24)13(14)25/h5-8H,1-4H2,(H,28,29,30)/p-1. The lowest BCUT2D eigenvalue weighted by molar-refractivity contribution is -0.172. The van der Waals surface area contributed by atoms with E-state index >= 15 is 0 Å². The number of hydrogen-bond acceptors (Lipinski definition) is 9. The van der Waals surface area contributed by atoms with Crippen molar-refractivity contribution in [2.24, 2.45) is 5.92 Å². The van der Waals surface area contributed by atoms with Gasteiger partial charge in [-0.25, -0.2) is 17.6 Å². The molecular formula is C18H12F3I4O8S2-. The van der Waals surface area contributed by atoms with E-state index in [-0.39, 0.29) is 18.1 Å². The first-order chi connectivity index (χ1) is 16.1. The van der Waals surface area contributed by atoms with Gasteiger partial charge in [-0.15, -0.1) is 11.8 Å². The maximum absolute atomic E-state index is 13.6. The van der Waals surface area contributed by atoms with Crippen molar-refractivity contribution in [2.45, 2.75) is 47.0 Å². The summed E-state index contributed by atoms with van der Waals surface area (Å²) in [7, 11) is -6.19. The second kappa shape index (κ2) is 10.2. The summed E-state index contributed by atoms with van der Waals surface area (Å²) >= 11 is 9.91. The summed E-state index contributed by atoms with van der Waals surface area (Å²) in [6.07, 6.45) is -4.04. The molecular weight excluding hydrogens is 973 g/mol. The number of thioether (sulfide) groups is 1. The Balaban J connectivity index is 1.42. The second-order valence-electron chi connectivity index (χ2n) is 7.91. The Morgan fingerprint density at radius 2 is 1.83 bits per heavy atom. The summed E-state index contributed by atoms with van der Waals surface area (Å²) < 4.78 is 91.9. The molecule has 35 heavy (non-hydrogen) atoms. The van der Waals surface area contributed by atoms with Gasteiger partial charge in [0, 0.05) is 28.8 Å². The SMILES string of the molecule is O=C1OC2(CC3SC2CC3C(=O)OCCC(F)C(F)(F)S(=O)(=O)[O-])Oc2c(I)c(I)c(I)c(I)c21. The molecule has 1 aromatic carbocycles. The number of fused-ring (bicyclic) bond motifs is 4. The van der Waals surface area contributed by atoms with Gasteiger partial charge in [-0.2, -0.15) is 8.78 Å². The van der Waals surface area contributed by atoms with Gasteiger partial charge in [0.1, 0.15) is 5.56 Å². The monoisotopic (exact) mass is 985 g/mol. The Morgan fingerprint density at radius 1 is 1.20 bits per heavy atom. The summed E-state index contributed by atoms with van der Waals surface area (Å²) in [5, 5.41) is -5.86. The van der Waals surface area contributed by atoms with Gasteiger partial charge in [-0.3, -0.25) is 4.79 Å². The average molecular weight is 985 g/mol. The molecule has 194 valence electrons. The molecule has 4 rings (SSSR count). The van der Waals surface area contributed by atoms with E-state index < -0.39 is 63.5 Å². The number of benzene rings is 1. The van der Waals surface area contributed by atoms with Crippen molar-refractivity contribution < 1.29 is 49.9 Å². The van der Waals surface area contributed by atoms with E-state index in [1.165, 1.54) is 11.8 Å². The quantitative estimate of drug-likeness (QED) is 0.132. The third-order valence-corrected chi connectivity index (χ3v) is 15.8. The molecule has 1 aromatic rings. The van der Waals surface area contributed by atoms with Crippen LogP contribution in [0, 0.1) is 20.2 Å². The number of ether oxygens (including phenoxy) is 3. The number of carbonyl (C=O) groups is 2. The lowest BCUT2D eigenvalue weighted by atomic mass is 9.84. The Bertz CT molecular complexity index is 1220. The first kappa shape index (κ1) is 28.9. The zero-order valence-electron chi connectivity index (χ0n) is 16.9. The molecule has 0 radical (unpaired) electrons. The Hall–Kier alpha value is 0.930. The van der Waals surface area contributed by atoms with Gasteiger partial charge < -0.3 is 18.8 Å². The van der Waals surface area contributed by atoms with Crippen LogP contribution in [0.5, 0.6) is 5.75 Å². The topological polar surface area (TPSA) is 119 Å². The molecule has 2 saturated heterocycles. The van der Waals surface area contributed by atoms with Crippen LogP contribution in [0.3, 0.4) is 0 Å². The molecule has 5 atom stereocenters. The van der Waals surface area contributed by atoms with Gasteiger partial charge in [0.15, 0.2) is 22.0 Å². The number of hydrogen-bond donors (Lipinski definition) is 0. The van der Waals surface area contributed by atoms with Crippen LogP contribution in [-0.4, -0.2) is 59.2 Å². The molecule has 2 fully saturated rings. The maximum atomic E-state index is 13.6. The van der Waals surface area contributed by atoms with E-state index in [1.54, 1.807) is 0 Å². The van der Waals surface area contributed by atoms with E-state index in [1.807, 2.05) is 0 Å². The van der Waals surface area contributed by atoms with Gasteiger partial charge >= 0.3 is 17.2 Å². The molecule has 0 N–H and O–H groups in total. The molecule has 3 aliphatic heterocycles. The van der Waals surface area contributed by atoms with Crippen molar-refractivity contribution in [1.82, 2.24) is 0 Å². The van der Waals surface area contributed by atoms with E-state index in [9.17, 15) is 35.7 Å². The Labute approximate surface area is 256 Å². The van der Waals surface area contributed by atoms with Gasteiger partial charge in [0.05, 0.1) is 21.3 Å². The minimum Gasteiger partial charge on any atom is -0.743 e. The molecule has 8 nitrogen and oxygen atoms in total. The van der Waals surface area contributed by atoms with Crippen molar-refractivity contribution in [2.75, 3.05) is 6.61 Å². The Morgan fingerprint density at radius 3 is 2.40 bits per heavy atom. The predicted octanol–water partition coefficient (Wildman–Crippen LogP) is 4.65. The fourth-order valence-electron chi connectivity index (χ4n) is 4.08. The smallest absolute Gasteiger partial charge is 0.364 e. The third-order valence-electron chi connectivity index (χ3n) is 5.82. The van der Waals surface area contributed by atoms with Gasteiger partial charge in [-0.05, 0) is 96.8 Å². The van der Waals surface area contributed by atoms with Crippen LogP contribution < -0.4 is 4.74 Å². The largest absolute Gasteiger partial charge is 0.743 e. The summed E-state index contributed by atoms with van der Waals surface area (Å²) in [5.74, 6) is -2.78. The van der Waals surface area contributed by atoms with Gasteiger partial charge in [0.25, 0.3) is 5.79 Å². The summed E-state index contributed by atoms with van der Waals surface area (Å²) in [5.41, 5.74) is 0.354. The highest BCUT2D eigenvalue weighted by Gasteiger charge is 2.64. The van der Waals surface area contributed by atoms with Crippen molar-refractivity contribution >= 4 is 124 Å². The first-order valence-electron chi connectivity index (χ1n) is 9.68. The lowest BCUT2D eigenvalue weighted by Gasteiger charge is -2.41. The van der Waals surface area contributed by atoms with Crippen molar-refractivity contribution in [3.05, 3.63) is 19.8 Å². The highest BCUT2D eigenvalue weighted by molar-refractivity contribution is 14.1. The summed E-state index contributed by atoms with van der Waals surface area (Å²) in [6, 6.07) is 0. The molecule has 17 heteroatoms. The van der Waals surface area contributed by atoms with Crippen LogP contribution in [0.25, 0.3) is 0 Å². The van der Waals surface area contributed by atoms with Gasteiger partial charge in [-0.1, -0.05) is 0 Å². The lowest BCUT2D eigenvalue weighted by Crippen LogP contribution is -2.53. The van der Waals surface area contributed by atoms with Crippen LogP contribution >= 0.6 is 102 Å². The summed E-state index contributed by atoms with van der Waals surface area (Å²) in [6.45, 7) is -0.818. The Kier molecular flexibility index (Phi) is 8.39. The molecule has 3 aliphatic rings. The van der Waals surface area contributed by atoms with Crippen molar-refractivity contribution in [3.8, 4) is 5.75 Å². The van der Waals surface area contributed by atoms with Gasteiger partial charge in [0.2, 0.25) is 0 Å². The minimum absolute atomic E-state index is 0.195. The minimum atomic E-state index is -6.19. The van der Waals surface area contributed by atoms with Crippen LogP contribution in [0.4, 0.5) is 13.2 Å². The normalized spacial score (nSPS) is 28.5. The number of esters is 2. The molecule has 0 amide bonds. The first-order valence-corrected chi connectivity index (χ1v) is 16.3. The number of rotatable bonds is 6. The highest BCUT2D eigenvalue weighted by atomic mass is 127. The van der Waals surface area contributed by atoms with Crippen molar-refractivity contribution in [1.29, 1.82) is 0 Å². The number of carbonyl (C=O) groups excluding carboxylic acids is 2. The van der Waals surface area contributed by atoms with Crippen LogP contribution in [0.15, 0.2) is 0 Å². The van der Waals surface area contributed by atoms with E-state index in [2.05, 4.69) is 90.4 Å². The van der Waals surface area contributed by atoms with E-state index in [4.69, 9.17) is 14.2 Å². The molecule has 0 aromatic heterocycles. The number of alkyl halides is 3. The molecule has 5 unspecified atom stereocenters. The van der Waals surface area contributed by atoms with E-state index in [0.717, 1.165) is 14.3 Å². The molecule has 2 bridgehead atoms. The zero-order valence-corrected chi connectivity index (χ0v) is 27.1. The summed E-state index contributed by atoms with van der Waals surface area (Å²) in [4.78, 5) is 25.5. The maximum Gasteiger partial charge on any atom is 0.364 e. The predicted molar refractivity (Wildman–Crippen MR) is 149 cm³/mol. The molecule has 0 aliphatic carbocycles. The molecule has 0 saturated carbocycles. The average Bonchev–Trinajstić information content (AvgIpc) is 3.32. The van der Waals surface area contributed by atoms with Crippen molar-refractivity contribution in [3.63, 3.8) is 0 Å². The van der Waals surface area contributed by atoms with Crippen LogP contribution in [0.2, 0.25) is 0 Å². The number of halogens is 7. The molecule has 1 spiro atoms. The third kappa shape index (κ3) is 5.01. The zero-order chi connectivity index (χ0) is 26.1. The van der Waals surface area contributed by atoms with Crippen LogP contribution in [-0.2, 0) is 24.4 Å². The fraction of sp³-hybridized carbons (Fsp3) is 0.556. The molecule has 3 heterocycles. The van der Waals surface area contributed by atoms with E-state index in [0.29, 0.717) is 11.3 Å².